The largest absolute Gasteiger partial charge is 0.465 e. The number of hydrogen-bond acceptors (Lipinski definition) is 4. The summed E-state index contributed by atoms with van der Waals surface area (Å²) >= 11 is 0. The zero-order valence-corrected chi connectivity index (χ0v) is 8.68. The van der Waals surface area contributed by atoms with E-state index in [1.165, 1.54) is 0 Å². The number of nitrogens with one attached hydrogen (secondary N) is 2. The lowest BCUT2D eigenvalue weighted by Gasteiger charge is -2.15. The first-order valence-corrected chi connectivity index (χ1v) is 4.70. The first-order chi connectivity index (χ1) is 7.67. The van der Waals surface area contributed by atoms with Crippen molar-refractivity contribution < 1.29 is 9.90 Å². The monoisotopic (exact) mass is 222 g/mol. The summed E-state index contributed by atoms with van der Waals surface area (Å²) < 4.78 is 0. The Bertz CT molecular complexity index is 381. The number of aromatic nitrogens is 1. The topological polar surface area (TPSA) is 100 Å². The van der Waals surface area contributed by atoms with Crippen LogP contribution in [0.4, 0.5) is 10.5 Å². The minimum absolute atomic E-state index is 0.414. The third kappa shape index (κ3) is 3.25. The average molecular weight is 222 g/mol. The molecular weight excluding hydrogens is 208 g/mol. The Labute approximate surface area is 93.2 Å². The molecule has 0 aromatic carbocycles. The lowest BCUT2D eigenvalue weighted by atomic mass is 10.1. The molecule has 86 valence electrons. The highest BCUT2D eigenvalue weighted by molar-refractivity contribution is 5.65. The standard InChI is InChI=1S/C10H14N4O2/c1-2-3-8(13-10(15)16)9-6-7(14-11)4-5-12-9/h2,4-6,8,13H,1,3,11H2,(H,12,14)(H,15,16)/t8-/m0/s1. The van der Waals surface area contributed by atoms with Crippen LogP contribution < -0.4 is 16.6 Å². The second kappa shape index (κ2) is 5.72. The fourth-order valence-electron chi connectivity index (χ4n) is 1.30. The fourth-order valence-corrected chi connectivity index (χ4v) is 1.30. The molecule has 0 aliphatic heterocycles. The first-order valence-electron chi connectivity index (χ1n) is 4.70. The number of nitrogen functional groups attached to an aromatic ring is 1. The van der Waals surface area contributed by atoms with E-state index >= 15 is 0 Å². The van der Waals surface area contributed by atoms with Crippen molar-refractivity contribution in [2.45, 2.75) is 12.5 Å². The molecule has 0 saturated heterocycles. The molecule has 1 amide bonds. The Kier molecular flexibility index (Phi) is 4.28. The molecule has 0 unspecified atom stereocenters. The van der Waals surface area contributed by atoms with E-state index in [1.807, 2.05) is 0 Å². The van der Waals surface area contributed by atoms with Crippen molar-refractivity contribution >= 4 is 11.8 Å². The molecule has 0 radical (unpaired) electrons. The van der Waals surface area contributed by atoms with Gasteiger partial charge in [0.05, 0.1) is 17.4 Å². The molecule has 6 heteroatoms. The average Bonchev–Trinajstić information content (AvgIpc) is 2.28. The number of nitrogens with two attached hydrogens (primary N) is 1. The Morgan fingerprint density at radius 3 is 3.06 bits per heavy atom. The van der Waals surface area contributed by atoms with Crippen LogP contribution in [-0.2, 0) is 0 Å². The zero-order chi connectivity index (χ0) is 12.0. The van der Waals surface area contributed by atoms with Gasteiger partial charge in [-0.05, 0) is 18.6 Å². The van der Waals surface area contributed by atoms with Gasteiger partial charge in [0, 0.05) is 6.20 Å². The Morgan fingerprint density at radius 2 is 2.50 bits per heavy atom. The minimum atomic E-state index is -1.10. The van der Waals surface area contributed by atoms with Crippen LogP contribution in [0.3, 0.4) is 0 Å². The molecule has 0 bridgehead atoms. The molecule has 0 aliphatic rings. The van der Waals surface area contributed by atoms with Gasteiger partial charge in [-0.25, -0.2) is 4.79 Å². The molecule has 0 fully saturated rings. The van der Waals surface area contributed by atoms with Gasteiger partial charge in [0.15, 0.2) is 0 Å². The van der Waals surface area contributed by atoms with Crippen LogP contribution in [0.5, 0.6) is 0 Å². The SMILES string of the molecule is C=CC[C@H](NC(=O)O)c1cc(NN)ccn1. The normalized spacial score (nSPS) is 11.6. The molecule has 16 heavy (non-hydrogen) atoms. The third-order valence-corrected chi connectivity index (χ3v) is 2.00. The molecule has 0 aliphatic carbocycles. The van der Waals surface area contributed by atoms with E-state index in [2.05, 4.69) is 22.3 Å². The van der Waals surface area contributed by atoms with E-state index in [0.29, 0.717) is 17.8 Å². The summed E-state index contributed by atoms with van der Waals surface area (Å²) in [5.41, 5.74) is 3.74. The second-order valence-electron chi connectivity index (χ2n) is 3.14. The van der Waals surface area contributed by atoms with Crippen LogP contribution >= 0.6 is 0 Å². The van der Waals surface area contributed by atoms with E-state index in [1.54, 1.807) is 24.4 Å². The van der Waals surface area contributed by atoms with E-state index in [0.717, 1.165) is 0 Å². The summed E-state index contributed by atoms with van der Waals surface area (Å²) in [6.07, 6.45) is 2.56. The number of nitrogens with zero attached hydrogens (tertiary/aromatic N) is 1. The smallest absolute Gasteiger partial charge is 0.405 e. The zero-order valence-electron chi connectivity index (χ0n) is 8.68. The lowest BCUT2D eigenvalue weighted by molar-refractivity contribution is 0.189. The Morgan fingerprint density at radius 1 is 1.75 bits per heavy atom. The molecular formula is C10H14N4O2. The number of anilines is 1. The predicted octanol–water partition coefficient (Wildman–Crippen LogP) is 1.25. The van der Waals surface area contributed by atoms with Crippen molar-refractivity contribution in [1.82, 2.24) is 10.3 Å². The predicted molar refractivity (Wildman–Crippen MR) is 60.8 cm³/mol. The van der Waals surface area contributed by atoms with Gasteiger partial charge in [0.1, 0.15) is 0 Å². The summed E-state index contributed by atoms with van der Waals surface area (Å²) in [5.74, 6) is 5.26. The summed E-state index contributed by atoms with van der Waals surface area (Å²) in [4.78, 5) is 14.7. The number of pyridine rings is 1. The van der Waals surface area contributed by atoms with Gasteiger partial charge >= 0.3 is 6.09 Å². The summed E-state index contributed by atoms with van der Waals surface area (Å²) in [6, 6.07) is 2.96. The van der Waals surface area contributed by atoms with Crippen LogP contribution in [0.25, 0.3) is 0 Å². The van der Waals surface area contributed by atoms with Gasteiger partial charge in [0.25, 0.3) is 0 Å². The maximum Gasteiger partial charge on any atom is 0.405 e. The fraction of sp³-hybridized carbons (Fsp3) is 0.200. The number of hydrazine groups is 1. The van der Waals surface area contributed by atoms with Crippen molar-refractivity contribution in [3.8, 4) is 0 Å². The van der Waals surface area contributed by atoms with Crippen molar-refractivity contribution in [1.29, 1.82) is 0 Å². The van der Waals surface area contributed by atoms with Crippen molar-refractivity contribution in [2.75, 3.05) is 5.43 Å². The molecule has 1 rings (SSSR count). The van der Waals surface area contributed by atoms with E-state index < -0.39 is 12.1 Å². The first kappa shape index (κ1) is 12.0. The number of amides is 1. The van der Waals surface area contributed by atoms with Crippen molar-refractivity contribution in [3.05, 3.63) is 36.7 Å². The van der Waals surface area contributed by atoms with E-state index in [4.69, 9.17) is 10.9 Å². The molecule has 1 aromatic rings. The molecule has 1 atom stereocenters. The molecule has 1 heterocycles. The van der Waals surface area contributed by atoms with Crippen LogP contribution in [0.1, 0.15) is 18.2 Å². The summed E-state index contributed by atoms with van der Waals surface area (Å²) in [5, 5.41) is 11.0. The maximum atomic E-state index is 10.6. The number of rotatable bonds is 5. The van der Waals surface area contributed by atoms with Crippen molar-refractivity contribution in [3.63, 3.8) is 0 Å². The maximum absolute atomic E-state index is 10.6. The van der Waals surface area contributed by atoms with E-state index in [-0.39, 0.29) is 0 Å². The lowest BCUT2D eigenvalue weighted by Crippen LogP contribution is -2.27. The van der Waals surface area contributed by atoms with Crippen LogP contribution in [-0.4, -0.2) is 16.2 Å². The van der Waals surface area contributed by atoms with Gasteiger partial charge < -0.3 is 15.8 Å². The highest BCUT2D eigenvalue weighted by Crippen LogP contribution is 2.17. The number of carboxylic acid groups (broad SMARTS) is 1. The van der Waals surface area contributed by atoms with Gasteiger partial charge in [-0.1, -0.05) is 6.08 Å². The van der Waals surface area contributed by atoms with E-state index in [9.17, 15) is 4.79 Å². The highest BCUT2D eigenvalue weighted by Gasteiger charge is 2.13. The summed E-state index contributed by atoms with van der Waals surface area (Å²) in [6.45, 7) is 3.57. The van der Waals surface area contributed by atoms with Gasteiger partial charge in [-0.15, -0.1) is 6.58 Å². The second-order valence-corrected chi connectivity index (χ2v) is 3.14. The quantitative estimate of drug-likeness (QED) is 0.341. The van der Waals surface area contributed by atoms with Crippen LogP contribution in [0.15, 0.2) is 31.0 Å². The Hall–Kier alpha value is -2.08. The van der Waals surface area contributed by atoms with Gasteiger partial charge in [0.2, 0.25) is 0 Å². The molecule has 6 nitrogen and oxygen atoms in total. The molecule has 5 N–H and O–H groups in total. The number of carbonyl (C=O) groups is 1. The third-order valence-electron chi connectivity index (χ3n) is 2.00. The van der Waals surface area contributed by atoms with Crippen LogP contribution in [0, 0.1) is 0 Å². The summed E-state index contributed by atoms with van der Waals surface area (Å²) in [7, 11) is 0. The van der Waals surface area contributed by atoms with Crippen molar-refractivity contribution in [2.24, 2.45) is 5.84 Å². The molecule has 1 aromatic heterocycles. The van der Waals surface area contributed by atoms with Gasteiger partial charge in [-0.2, -0.15) is 0 Å². The molecule has 0 spiro atoms. The highest BCUT2D eigenvalue weighted by atomic mass is 16.4. The minimum Gasteiger partial charge on any atom is -0.465 e. The Balaban J connectivity index is 2.90. The number of hydrogen-bond donors (Lipinski definition) is 4. The molecule has 0 saturated carbocycles. The van der Waals surface area contributed by atoms with Gasteiger partial charge in [-0.3, -0.25) is 10.8 Å². The van der Waals surface area contributed by atoms with Crippen LogP contribution in [0.2, 0.25) is 0 Å².